The first-order valence-electron chi connectivity index (χ1n) is 11.1. The highest BCUT2D eigenvalue weighted by Gasteiger charge is 2.44. The van der Waals surface area contributed by atoms with E-state index in [0.717, 1.165) is 53.8 Å². The average molecular weight is 444 g/mol. The summed E-state index contributed by atoms with van der Waals surface area (Å²) in [4.78, 5) is 21.9. The molecular formula is C24H25N7O2. The standard InChI is InChI=1S/C24H25N7O2/c1-15(32)3-6-19-7-4-16(11-26-19)21-30-22(31-33-21)24(9-2-10-24)18-5-8-20(27-14-18)17-12-28-23(25)29-13-17/h4-5,7-8,11-15,32H,2-3,6,9-10H2,1H3,(H2,25,28,29)/t15-/m1/s1. The summed E-state index contributed by atoms with van der Waals surface area (Å²) >= 11 is 0. The monoisotopic (exact) mass is 443 g/mol. The Morgan fingerprint density at radius 1 is 1.00 bits per heavy atom. The number of nitrogens with zero attached hydrogens (tertiary/aromatic N) is 6. The number of rotatable bonds is 7. The average Bonchev–Trinajstić information content (AvgIpc) is 3.29. The number of pyridine rings is 2. The van der Waals surface area contributed by atoms with Crippen LogP contribution in [0.2, 0.25) is 0 Å². The molecule has 0 bridgehead atoms. The number of aliphatic hydroxyl groups excluding tert-OH is 1. The van der Waals surface area contributed by atoms with Gasteiger partial charge in [0.15, 0.2) is 5.82 Å². The van der Waals surface area contributed by atoms with Gasteiger partial charge in [0.05, 0.1) is 22.8 Å². The zero-order valence-corrected chi connectivity index (χ0v) is 18.3. The quantitative estimate of drug-likeness (QED) is 0.440. The summed E-state index contributed by atoms with van der Waals surface area (Å²) in [5, 5.41) is 13.8. The number of nitrogen functional groups attached to an aromatic ring is 1. The highest BCUT2D eigenvalue weighted by molar-refractivity contribution is 5.58. The van der Waals surface area contributed by atoms with E-state index in [2.05, 4.69) is 31.2 Å². The molecule has 168 valence electrons. The van der Waals surface area contributed by atoms with Crippen LogP contribution in [-0.4, -0.2) is 41.3 Å². The fourth-order valence-corrected chi connectivity index (χ4v) is 4.08. The van der Waals surface area contributed by atoms with Crippen molar-refractivity contribution in [3.8, 4) is 22.7 Å². The maximum atomic E-state index is 9.46. The Morgan fingerprint density at radius 2 is 1.79 bits per heavy atom. The van der Waals surface area contributed by atoms with Crippen molar-refractivity contribution in [3.63, 3.8) is 0 Å². The molecule has 9 heteroatoms. The van der Waals surface area contributed by atoms with E-state index in [1.165, 1.54) is 0 Å². The van der Waals surface area contributed by atoms with Crippen molar-refractivity contribution in [2.24, 2.45) is 0 Å². The van der Waals surface area contributed by atoms with Crippen LogP contribution in [0, 0.1) is 0 Å². The van der Waals surface area contributed by atoms with Crippen LogP contribution in [0.4, 0.5) is 5.95 Å². The van der Waals surface area contributed by atoms with Gasteiger partial charge in [-0.3, -0.25) is 9.97 Å². The number of aliphatic hydroxyl groups is 1. The zero-order valence-electron chi connectivity index (χ0n) is 18.3. The molecule has 0 amide bonds. The fraction of sp³-hybridized carbons (Fsp3) is 0.333. The summed E-state index contributed by atoms with van der Waals surface area (Å²) in [5.74, 6) is 1.36. The molecule has 4 aromatic rings. The van der Waals surface area contributed by atoms with Gasteiger partial charge in [-0.05, 0) is 56.4 Å². The molecule has 1 aliphatic carbocycles. The van der Waals surface area contributed by atoms with E-state index in [9.17, 15) is 5.11 Å². The summed E-state index contributed by atoms with van der Waals surface area (Å²) in [5.41, 5.74) is 9.63. The summed E-state index contributed by atoms with van der Waals surface area (Å²) in [6, 6.07) is 7.89. The molecule has 5 rings (SSSR count). The molecule has 4 heterocycles. The summed E-state index contributed by atoms with van der Waals surface area (Å²) in [7, 11) is 0. The molecule has 0 saturated heterocycles. The van der Waals surface area contributed by atoms with Crippen LogP contribution in [0.25, 0.3) is 22.7 Å². The smallest absolute Gasteiger partial charge is 0.259 e. The van der Waals surface area contributed by atoms with Crippen LogP contribution >= 0.6 is 0 Å². The maximum absolute atomic E-state index is 9.46. The van der Waals surface area contributed by atoms with Gasteiger partial charge >= 0.3 is 0 Å². The Hall–Kier alpha value is -3.72. The molecule has 0 unspecified atom stereocenters. The fourth-order valence-electron chi connectivity index (χ4n) is 4.08. The molecule has 9 nitrogen and oxygen atoms in total. The molecule has 0 aromatic carbocycles. The predicted molar refractivity (Wildman–Crippen MR) is 122 cm³/mol. The minimum atomic E-state index is -0.341. The highest BCUT2D eigenvalue weighted by atomic mass is 16.5. The maximum Gasteiger partial charge on any atom is 0.259 e. The van der Waals surface area contributed by atoms with Gasteiger partial charge in [-0.2, -0.15) is 4.98 Å². The van der Waals surface area contributed by atoms with Crippen LogP contribution in [0.3, 0.4) is 0 Å². The first-order valence-corrected chi connectivity index (χ1v) is 11.1. The molecule has 0 spiro atoms. The molecule has 0 radical (unpaired) electrons. The van der Waals surface area contributed by atoms with E-state index in [0.29, 0.717) is 18.1 Å². The highest BCUT2D eigenvalue weighted by Crippen LogP contribution is 2.48. The van der Waals surface area contributed by atoms with Gasteiger partial charge in [-0.15, -0.1) is 0 Å². The number of nitrogens with two attached hydrogens (primary N) is 1. The lowest BCUT2D eigenvalue weighted by Gasteiger charge is -2.39. The van der Waals surface area contributed by atoms with Crippen LogP contribution < -0.4 is 5.73 Å². The van der Waals surface area contributed by atoms with Crippen LogP contribution in [0.1, 0.15) is 49.7 Å². The first-order chi connectivity index (χ1) is 16.0. The zero-order chi connectivity index (χ0) is 22.8. The van der Waals surface area contributed by atoms with Crippen LogP contribution in [-0.2, 0) is 11.8 Å². The van der Waals surface area contributed by atoms with Crippen molar-refractivity contribution in [1.82, 2.24) is 30.1 Å². The number of aromatic nitrogens is 6. The largest absolute Gasteiger partial charge is 0.393 e. The second-order valence-corrected chi connectivity index (χ2v) is 8.55. The van der Waals surface area contributed by atoms with Gasteiger partial charge in [0, 0.05) is 36.0 Å². The van der Waals surface area contributed by atoms with Crippen LogP contribution in [0.5, 0.6) is 0 Å². The molecule has 1 aliphatic rings. The third-order valence-electron chi connectivity index (χ3n) is 6.23. The van der Waals surface area contributed by atoms with Crippen molar-refractivity contribution in [1.29, 1.82) is 0 Å². The number of hydrogen-bond donors (Lipinski definition) is 2. The van der Waals surface area contributed by atoms with Crippen molar-refractivity contribution < 1.29 is 9.63 Å². The number of aryl methyl sites for hydroxylation is 1. The topological polar surface area (TPSA) is 137 Å². The number of hydrogen-bond acceptors (Lipinski definition) is 9. The van der Waals surface area contributed by atoms with Gasteiger partial charge in [-0.25, -0.2) is 9.97 Å². The van der Waals surface area contributed by atoms with Gasteiger partial charge in [-0.1, -0.05) is 17.6 Å². The van der Waals surface area contributed by atoms with E-state index in [-0.39, 0.29) is 17.5 Å². The molecule has 0 aliphatic heterocycles. The molecule has 1 saturated carbocycles. The van der Waals surface area contributed by atoms with Crippen molar-refractivity contribution in [2.45, 2.75) is 50.5 Å². The summed E-state index contributed by atoms with van der Waals surface area (Å²) in [6.45, 7) is 1.78. The minimum Gasteiger partial charge on any atom is -0.393 e. The Morgan fingerprint density at radius 3 is 2.39 bits per heavy atom. The van der Waals surface area contributed by atoms with Gasteiger partial charge in [0.1, 0.15) is 0 Å². The van der Waals surface area contributed by atoms with E-state index >= 15 is 0 Å². The summed E-state index contributed by atoms with van der Waals surface area (Å²) < 4.78 is 5.61. The predicted octanol–water partition coefficient (Wildman–Crippen LogP) is 3.35. The number of anilines is 1. The lowest BCUT2D eigenvalue weighted by atomic mass is 9.64. The Kier molecular flexibility index (Phi) is 5.55. The normalized spacial score (nSPS) is 15.7. The lowest BCUT2D eigenvalue weighted by Crippen LogP contribution is -2.36. The first kappa shape index (κ1) is 21.1. The molecule has 1 atom stereocenters. The third kappa shape index (κ3) is 4.19. The van der Waals surface area contributed by atoms with Crippen molar-refractivity contribution in [3.05, 3.63) is 66.1 Å². The lowest BCUT2D eigenvalue weighted by molar-refractivity contribution is 0.184. The van der Waals surface area contributed by atoms with Gasteiger partial charge < -0.3 is 15.4 Å². The van der Waals surface area contributed by atoms with E-state index in [1.807, 2.05) is 24.4 Å². The Balaban J connectivity index is 1.37. The van der Waals surface area contributed by atoms with Gasteiger partial charge in [0.2, 0.25) is 5.95 Å². The second-order valence-electron chi connectivity index (χ2n) is 8.55. The molecule has 1 fully saturated rings. The molecule has 33 heavy (non-hydrogen) atoms. The van der Waals surface area contributed by atoms with E-state index < -0.39 is 0 Å². The van der Waals surface area contributed by atoms with Crippen molar-refractivity contribution >= 4 is 5.95 Å². The molecule has 3 N–H and O–H groups in total. The minimum absolute atomic E-state index is 0.237. The van der Waals surface area contributed by atoms with Crippen molar-refractivity contribution in [2.75, 3.05) is 5.73 Å². The third-order valence-corrected chi connectivity index (χ3v) is 6.23. The summed E-state index contributed by atoms with van der Waals surface area (Å²) in [6.07, 6.45) is 11.0. The van der Waals surface area contributed by atoms with E-state index in [1.54, 1.807) is 25.5 Å². The van der Waals surface area contributed by atoms with Gasteiger partial charge in [0.25, 0.3) is 5.89 Å². The molecule has 4 aromatic heterocycles. The second kappa shape index (κ2) is 8.67. The van der Waals surface area contributed by atoms with Crippen LogP contribution in [0.15, 0.2) is 53.6 Å². The Labute approximate surface area is 191 Å². The molecular weight excluding hydrogens is 418 g/mol. The Bertz CT molecular complexity index is 1220. The SMILES string of the molecule is C[C@@H](O)CCc1ccc(-c2nc(C3(c4ccc(-c5cnc(N)nc5)nc4)CCC3)no2)cn1. The van der Waals surface area contributed by atoms with E-state index in [4.69, 9.17) is 15.2 Å².